The summed E-state index contributed by atoms with van der Waals surface area (Å²) in [6, 6.07) is 0.157. The van der Waals surface area contributed by atoms with Crippen molar-refractivity contribution in [3.8, 4) is 0 Å². The molecular weight excluding hydrogens is 192 g/mol. The van der Waals surface area contributed by atoms with Gasteiger partial charge < -0.3 is 15.7 Å². The minimum atomic E-state index is -0.359. The fourth-order valence-corrected chi connectivity index (χ4v) is 2.56. The minimum absolute atomic E-state index is 0.0605. The van der Waals surface area contributed by atoms with Gasteiger partial charge >= 0.3 is 0 Å². The fourth-order valence-electron chi connectivity index (χ4n) is 2.56. The Morgan fingerprint density at radius 3 is 2.80 bits per heavy atom. The van der Waals surface area contributed by atoms with E-state index in [-0.39, 0.29) is 18.1 Å². The van der Waals surface area contributed by atoms with Crippen molar-refractivity contribution in [2.24, 2.45) is 5.92 Å². The molecule has 0 spiro atoms. The van der Waals surface area contributed by atoms with E-state index in [2.05, 4.69) is 17.6 Å². The zero-order valence-corrected chi connectivity index (χ0v) is 9.20. The third kappa shape index (κ3) is 2.49. The van der Waals surface area contributed by atoms with Crippen LogP contribution in [-0.2, 0) is 4.79 Å². The Bertz CT molecular complexity index is 245. The van der Waals surface area contributed by atoms with Gasteiger partial charge in [0.2, 0.25) is 5.91 Å². The summed E-state index contributed by atoms with van der Waals surface area (Å²) in [7, 11) is 0. The lowest BCUT2D eigenvalue weighted by atomic mass is 10.1. The molecule has 0 aromatic heterocycles. The number of nitrogens with one attached hydrogen (secondary N) is 2. The lowest BCUT2D eigenvalue weighted by Gasteiger charge is -2.19. The zero-order chi connectivity index (χ0) is 10.8. The van der Waals surface area contributed by atoms with Crippen LogP contribution < -0.4 is 10.6 Å². The number of carbonyl (C=O) groups excluding carboxylic acids is 1. The molecule has 0 aromatic carbocycles. The van der Waals surface area contributed by atoms with Crippen LogP contribution in [0.5, 0.6) is 0 Å². The quantitative estimate of drug-likeness (QED) is 0.604. The van der Waals surface area contributed by atoms with Gasteiger partial charge in [-0.3, -0.25) is 4.79 Å². The van der Waals surface area contributed by atoms with Gasteiger partial charge in [0.15, 0.2) is 0 Å². The molecule has 1 amide bonds. The van der Waals surface area contributed by atoms with Crippen molar-refractivity contribution in [3.63, 3.8) is 0 Å². The number of aliphatic hydroxyl groups excluding tert-OH is 1. The zero-order valence-electron chi connectivity index (χ0n) is 9.20. The van der Waals surface area contributed by atoms with Crippen LogP contribution in [0.25, 0.3) is 0 Å². The number of amides is 1. The van der Waals surface area contributed by atoms with Crippen molar-refractivity contribution >= 4 is 5.91 Å². The van der Waals surface area contributed by atoms with E-state index in [1.54, 1.807) is 0 Å². The molecule has 0 radical (unpaired) electrons. The van der Waals surface area contributed by atoms with Crippen LogP contribution >= 0.6 is 0 Å². The SMILES string of the molecule is CC1CCCC1NC(=O)[C@H]1C[C@@H](O)CN1. The van der Waals surface area contributed by atoms with E-state index in [4.69, 9.17) is 0 Å². The Morgan fingerprint density at radius 2 is 2.27 bits per heavy atom. The first-order valence-electron chi connectivity index (χ1n) is 5.88. The summed E-state index contributed by atoms with van der Waals surface area (Å²) in [6.45, 7) is 2.73. The van der Waals surface area contributed by atoms with Crippen LogP contribution in [0.1, 0.15) is 32.6 Å². The molecule has 2 fully saturated rings. The number of hydrogen-bond acceptors (Lipinski definition) is 3. The van der Waals surface area contributed by atoms with Crippen molar-refractivity contribution in [3.05, 3.63) is 0 Å². The Balaban J connectivity index is 1.81. The molecule has 4 nitrogen and oxygen atoms in total. The first kappa shape index (κ1) is 10.9. The van der Waals surface area contributed by atoms with Crippen molar-refractivity contribution in [1.29, 1.82) is 0 Å². The molecule has 3 N–H and O–H groups in total. The van der Waals surface area contributed by atoms with Crippen LogP contribution in [0.3, 0.4) is 0 Å². The van der Waals surface area contributed by atoms with E-state index >= 15 is 0 Å². The van der Waals surface area contributed by atoms with E-state index < -0.39 is 0 Å². The summed E-state index contributed by atoms with van der Waals surface area (Å²) < 4.78 is 0. The predicted octanol–water partition coefficient (Wildman–Crippen LogP) is 0.0140. The van der Waals surface area contributed by atoms with Crippen LogP contribution in [0, 0.1) is 5.92 Å². The second kappa shape index (κ2) is 4.49. The lowest BCUT2D eigenvalue weighted by Crippen LogP contribution is -2.46. The molecule has 1 aliphatic carbocycles. The summed E-state index contributed by atoms with van der Waals surface area (Å²) in [5, 5.41) is 15.4. The summed E-state index contributed by atoms with van der Waals surface area (Å²) in [5.74, 6) is 0.658. The standard InChI is InChI=1S/C11H20N2O2/c1-7-3-2-4-9(7)13-11(15)10-5-8(14)6-12-10/h7-10,12,14H,2-6H2,1H3,(H,13,15)/t7?,8-,9?,10-/m1/s1. The van der Waals surface area contributed by atoms with Gasteiger partial charge in [-0.25, -0.2) is 0 Å². The third-order valence-electron chi connectivity index (χ3n) is 3.61. The molecule has 4 atom stereocenters. The Hall–Kier alpha value is -0.610. The first-order chi connectivity index (χ1) is 7.16. The number of rotatable bonds is 2. The highest BCUT2D eigenvalue weighted by Crippen LogP contribution is 2.25. The Morgan fingerprint density at radius 1 is 1.47 bits per heavy atom. The molecular formula is C11H20N2O2. The molecule has 15 heavy (non-hydrogen) atoms. The van der Waals surface area contributed by atoms with Crippen molar-refractivity contribution in [2.75, 3.05) is 6.54 Å². The third-order valence-corrected chi connectivity index (χ3v) is 3.61. The van der Waals surface area contributed by atoms with Gasteiger partial charge in [-0.15, -0.1) is 0 Å². The minimum Gasteiger partial charge on any atom is -0.392 e. The summed E-state index contributed by atoms with van der Waals surface area (Å²) >= 11 is 0. The van der Waals surface area contributed by atoms with Crippen LogP contribution in [0.4, 0.5) is 0 Å². The van der Waals surface area contributed by atoms with Gasteiger partial charge in [0, 0.05) is 12.6 Å². The van der Waals surface area contributed by atoms with E-state index in [1.807, 2.05) is 0 Å². The van der Waals surface area contributed by atoms with Gasteiger partial charge in [0.25, 0.3) is 0 Å². The molecule has 1 aliphatic heterocycles. The van der Waals surface area contributed by atoms with Gasteiger partial charge in [0.05, 0.1) is 12.1 Å². The summed E-state index contributed by atoms with van der Waals surface area (Å²) in [4.78, 5) is 11.8. The molecule has 0 aromatic rings. The highest BCUT2D eigenvalue weighted by atomic mass is 16.3. The fraction of sp³-hybridized carbons (Fsp3) is 0.909. The number of hydrogen-bond donors (Lipinski definition) is 3. The van der Waals surface area contributed by atoms with Crippen molar-refractivity contribution in [1.82, 2.24) is 10.6 Å². The van der Waals surface area contributed by atoms with Crippen LogP contribution in [0.2, 0.25) is 0 Å². The normalized spacial score (nSPS) is 40.7. The van der Waals surface area contributed by atoms with E-state index in [0.29, 0.717) is 24.9 Å². The van der Waals surface area contributed by atoms with Gasteiger partial charge in [-0.1, -0.05) is 13.3 Å². The highest BCUT2D eigenvalue weighted by molar-refractivity contribution is 5.82. The van der Waals surface area contributed by atoms with E-state index in [9.17, 15) is 9.90 Å². The average molecular weight is 212 g/mol. The maximum Gasteiger partial charge on any atom is 0.237 e. The van der Waals surface area contributed by atoms with Gasteiger partial charge in [0.1, 0.15) is 0 Å². The summed E-state index contributed by atoms with van der Waals surface area (Å²) in [5.41, 5.74) is 0. The van der Waals surface area contributed by atoms with E-state index in [1.165, 1.54) is 12.8 Å². The Kier molecular flexibility index (Phi) is 3.26. The summed E-state index contributed by atoms with van der Waals surface area (Å²) in [6.07, 6.45) is 3.72. The molecule has 0 bridgehead atoms. The molecule has 2 unspecified atom stereocenters. The largest absolute Gasteiger partial charge is 0.392 e. The molecule has 86 valence electrons. The van der Waals surface area contributed by atoms with Crippen molar-refractivity contribution < 1.29 is 9.90 Å². The lowest BCUT2D eigenvalue weighted by molar-refractivity contribution is -0.123. The maximum atomic E-state index is 11.8. The first-order valence-corrected chi connectivity index (χ1v) is 5.88. The second-order valence-corrected chi connectivity index (χ2v) is 4.87. The molecule has 1 heterocycles. The maximum absolute atomic E-state index is 11.8. The second-order valence-electron chi connectivity index (χ2n) is 4.87. The predicted molar refractivity (Wildman–Crippen MR) is 57.4 cm³/mol. The van der Waals surface area contributed by atoms with Crippen LogP contribution in [-0.4, -0.2) is 35.7 Å². The Labute approximate surface area is 90.4 Å². The number of β-amino-alcohol motifs (C(OH)–C–C–N with tert-alkyl or cyclic N) is 1. The number of aliphatic hydroxyl groups is 1. The topological polar surface area (TPSA) is 61.4 Å². The number of carbonyl (C=O) groups is 1. The molecule has 1 saturated heterocycles. The van der Waals surface area contributed by atoms with Crippen molar-refractivity contribution in [2.45, 2.75) is 50.8 Å². The highest BCUT2D eigenvalue weighted by Gasteiger charge is 2.31. The average Bonchev–Trinajstić information content (AvgIpc) is 2.77. The molecule has 1 saturated carbocycles. The monoisotopic (exact) mass is 212 g/mol. The van der Waals surface area contributed by atoms with E-state index in [0.717, 1.165) is 6.42 Å². The molecule has 2 aliphatic rings. The smallest absolute Gasteiger partial charge is 0.237 e. The van der Waals surface area contributed by atoms with Crippen LogP contribution in [0.15, 0.2) is 0 Å². The van der Waals surface area contributed by atoms with Gasteiger partial charge in [-0.2, -0.15) is 0 Å². The van der Waals surface area contributed by atoms with Gasteiger partial charge in [-0.05, 0) is 25.2 Å². The molecule has 4 heteroatoms. The molecule has 2 rings (SSSR count).